The maximum Gasteiger partial charge on any atom is 0.328 e. The highest BCUT2D eigenvalue weighted by atomic mass is 16.4. The van der Waals surface area contributed by atoms with E-state index in [2.05, 4.69) is 5.10 Å². The van der Waals surface area contributed by atoms with E-state index in [4.69, 9.17) is 0 Å². The quantitative estimate of drug-likeness (QED) is 0.858. The molecule has 0 aliphatic rings. The fourth-order valence-corrected chi connectivity index (χ4v) is 2.06. The molecule has 110 valence electrons. The number of hydrogen-bond acceptors (Lipinski definition) is 3. The first-order valence-corrected chi connectivity index (χ1v) is 6.73. The van der Waals surface area contributed by atoms with Gasteiger partial charge in [0.25, 0.3) is 0 Å². The third-order valence-electron chi connectivity index (χ3n) is 3.52. The van der Waals surface area contributed by atoms with Gasteiger partial charge in [0, 0.05) is 18.2 Å². The number of carboxylic acid groups (broad SMARTS) is 1. The summed E-state index contributed by atoms with van der Waals surface area (Å²) in [4.78, 5) is 23.7. The molecular weight excluding hydrogens is 268 g/mol. The molecule has 0 amide bonds. The van der Waals surface area contributed by atoms with Crippen molar-refractivity contribution in [3.05, 3.63) is 52.8 Å². The van der Waals surface area contributed by atoms with Crippen LogP contribution >= 0.6 is 0 Å². The van der Waals surface area contributed by atoms with Gasteiger partial charge in [0.05, 0.1) is 5.69 Å². The van der Waals surface area contributed by atoms with Gasteiger partial charge in [0.15, 0.2) is 11.8 Å². The summed E-state index contributed by atoms with van der Waals surface area (Å²) < 4.78 is 1.36. The van der Waals surface area contributed by atoms with Crippen LogP contribution in [0.25, 0.3) is 0 Å². The van der Waals surface area contributed by atoms with Crippen molar-refractivity contribution in [2.75, 3.05) is 0 Å². The molecule has 5 heteroatoms. The molecule has 0 fully saturated rings. The average Bonchev–Trinajstić information content (AvgIpc) is 2.75. The molecule has 0 saturated heterocycles. The third kappa shape index (κ3) is 3.37. The Morgan fingerprint density at radius 1 is 1.19 bits per heavy atom. The Labute approximate surface area is 123 Å². The van der Waals surface area contributed by atoms with Crippen molar-refractivity contribution < 1.29 is 14.7 Å². The Morgan fingerprint density at radius 3 is 2.29 bits per heavy atom. The number of ketones is 1. The Kier molecular flexibility index (Phi) is 4.21. The van der Waals surface area contributed by atoms with Gasteiger partial charge in [0.2, 0.25) is 0 Å². The second-order valence-corrected chi connectivity index (χ2v) is 5.22. The minimum atomic E-state index is -1.06. The monoisotopic (exact) mass is 286 g/mol. The zero-order valence-electron chi connectivity index (χ0n) is 12.3. The van der Waals surface area contributed by atoms with Gasteiger partial charge in [-0.1, -0.05) is 29.8 Å². The molecule has 0 aliphatic heterocycles. The van der Waals surface area contributed by atoms with E-state index in [-0.39, 0.29) is 12.2 Å². The maximum atomic E-state index is 12.2. The number of carbonyl (C=O) groups is 2. The van der Waals surface area contributed by atoms with Crippen LogP contribution in [0, 0.1) is 20.8 Å². The Hall–Kier alpha value is -2.43. The van der Waals surface area contributed by atoms with Gasteiger partial charge in [-0.15, -0.1) is 0 Å². The minimum Gasteiger partial charge on any atom is -0.480 e. The van der Waals surface area contributed by atoms with Crippen LogP contribution in [0.4, 0.5) is 0 Å². The molecule has 0 radical (unpaired) electrons. The highest BCUT2D eigenvalue weighted by Gasteiger charge is 2.25. The van der Waals surface area contributed by atoms with E-state index in [1.54, 1.807) is 18.3 Å². The van der Waals surface area contributed by atoms with Crippen LogP contribution < -0.4 is 0 Å². The fourth-order valence-electron chi connectivity index (χ4n) is 2.06. The number of Topliss-reactive ketones (excluding diaryl/α,β-unsaturated/α-hetero) is 1. The number of aliphatic carboxylic acids is 1. The van der Waals surface area contributed by atoms with Gasteiger partial charge < -0.3 is 5.11 Å². The first-order valence-electron chi connectivity index (χ1n) is 6.73. The Bertz CT molecular complexity index is 652. The van der Waals surface area contributed by atoms with Crippen molar-refractivity contribution in [1.82, 2.24) is 9.78 Å². The largest absolute Gasteiger partial charge is 0.480 e. The van der Waals surface area contributed by atoms with E-state index < -0.39 is 12.0 Å². The number of aryl methyl sites for hydroxylation is 3. The van der Waals surface area contributed by atoms with Crippen LogP contribution in [0.3, 0.4) is 0 Å². The fraction of sp³-hybridized carbons (Fsp3) is 0.312. The summed E-state index contributed by atoms with van der Waals surface area (Å²) in [7, 11) is 0. The van der Waals surface area contributed by atoms with Crippen molar-refractivity contribution >= 4 is 11.8 Å². The molecule has 1 aromatic heterocycles. The zero-order valence-corrected chi connectivity index (χ0v) is 12.3. The number of benzene rings is 1. The standard InChI is InChI=1S/C16H18N2O3/c1-10-4-6-13(7-5-10)15(19)8-14(16(20)21)18-9-11(2)12(3)17-18/h4-7,9,14H,8H2,1-3H3,(H,20,21). The first kappa shape index (κ1) is 15.0. The number of rotatable bonds is 5. The van der Waals surface area contributed by atoms with Crippen LogP contribution in [-0.2, 0) is 4.79 Å². The summed E-state index contributed by atoms with van der Waals surface area (Å²) in [6.45, 7) is 5.61. The predicted molar refractivity (Wildman–Crippen MR) is 78.5 cm³/mol. The van der Waals surface area contributed by atoms with Gasteiger partial charge in [-0.2, -0.15) is 5.10 Å². The molecule has 1 N–H and O–H groups in total. The average molecular weight is 286 g/mol. The van der Waals surface area contributed by atoms with E-state index in [9.17, 15) is 14.7 Å². The van der Waals surface area contributed by atoms with Crippen molar-refractivity contribution in [3.63, 3.8) is 0 Å². The molecule has 5 nitrogen and oxygen atoms in total. The van der Waals surface area contributed by atoms with Crippen molar-refractivity contribution in [3.8, 4) is 0 Å². The molecule has 0 spiro atoms. The van der Waals surface area contributed by atoms with E-state index >= 15 is 0 Å². The minimum absolute atomic E-state index is 0.112. The second kappa shape index (κ2) is 5.91. The highest BCUT2D eigenvalue weighted by Crippen LogP contribution is 2.18. The number of carboxylic acids is 1. The van der Waals surface area contributed by atoms with Gasteiger partial charge >= 0.3 is 5.97 Å². The lowest BCUT2D eigenvalue weighted by Gasteiger charge is -2.12. The molecule has 1 aromatic carbocycles. The van der Waals surface area contributed by atoms with Gasteiger partial charge in [-0.05, 0) is 26.3 Å². The van der Waals surface area contributed by atoms with Crippen molar-refractivity contribution in [2.45, 2.75) is 33.2 Å². The Morgan fingerprint density at radius 2 is 1.81 bits per heavy atom. The molecule has 0 saturated carbocycles. The predicted octanol–water partition coefficient (Wildman–Crippen LogP) is 2.71. The maximum absolute atomic E-state index is 12.2. The number of hydrogen-bond donors (Lipinski definition) is 1. The summed E-state index contributed by atoms with van der Waals surface area (Å²) >= 11 is 0. The lowest BCUT2D eigenvalue weighted by Crippen LogP contribution is -2.23. The van der Waals surface area contributed by atoms with Gasteiger partial charge in [-0.3, -0.25) is 9.48 Å². The lowest BCUT2D eigenvalue weighted by molar-refractivity contribution is -0.141. The first-order chi connectivity index (χ1) is 9.88. The topological polar surface area (TPSA) is 72.2 Å². The van der Waals surface area contributed by atoms with Gasteiger partial charge in [-0.25, -0.2) is 4.79 Å². The summed E-state index contributed by atoms with van der Waals surface area (Å²) in [5, 5.41) is 13.5. The number of aromatic nitrogens is 2. The van der Waals surface area contributed by atoms with Crippen LogP contribution in [0.5, 0.6) is 0 Å². The van der Waals surface area contributed by atoms with Crippen LogP contribution in [0.1, 0.15) is 39.6 Å². The van der Waals surface area contributed by atoms with Crippen molar-refractivity contribution in [2.24, 2.45) is 0 Å². The van der Waals surface area contributed by atoms with Crippen LogP contribution in [0.2, 0.25) is 0 Å². The van der Waals surface area contributed by atoms with Gasteiger partial charge in [0.1, 0.15) is 0 Å². The number of nitrogens with zero attached hydrogens (tertiary/aromatic N) is 2. The number of carbonyl (C=O) groups excluding carboxylic acids is 1. The molecule has 21 heavy (non-hydrogen) atoms. The SMILES string of the molecule is Cc1ccc(C(=O)CC(C(=O)O)n2cc(C)c(C)n2)cc1. The van der Waals surface area contributed by atoms with E-state index in [1.165, 1.54) is 4.68 Å². The van der Waals surface area contributed by atoms with E-state index in [0.717, 1.165) is 16.8 Å². The summed E-state index contributed by atoms with van der Waals surface area (Å²) in [6.07, 6.45) is 1.55. The molecule has 0 bridgehead atoms. The van der Waals surface area contributed by atoms with E-state index in [0.29, 0.717) is 5.56 Å². The molecule has 0 aliphatic carbocycles. The summed E-state index contributed by atoms with van der Waals surface area (Å²) in [5.41, 5.74) is 3.25. The normalized spacial score (nSPS) is 12.1. The van der Waals surface area contributed by atoms with E-state index in [1.807, 2.05) is 32.9 Å². The molecule has 1 atom stereocenters. The molecule has 2 aromatic rings. The zero-order chi connectivity index (χ0) is 15.6. The molecule has 1 heterocycles. The third-order valence-corrected chi connectivity index (χ3v) is 3.52. The molecular formula is C16H18N2O3. The van der Waals surface area contributed by atoms with Crippen molar-refractivity contribution in [1.29, 1.82) is 0 Å². The van der Waals surface area contributed by atoms with Crippen LogP contribution in [0.15, 0.2) is 30.5 Å². The second-order valence-electron chi connectivity index (χ2n) is 5.22. The lowest BCUT2D eigenvalue weighted by atomic mass is 10.0. The highest BCUT2D eigenvalue weighted by molar-refractivity contribution is 5.98. The smallest absolute Gasteiger partial charge is 0.328 e. The Balaban J connectivity index is 2.22. The molecule has 2 rings (SSSR count). The molecule has 1 unspecified atom stereocenters. The summed E-state index contributed by atoms with van der Waals surface area (Å²) in [5.74, 6) is -1.26. The van der Waals surface area contributed by atoms with Crippen LogP contribution in [-0.4, -0.2) is 26.6 Å². The summed E-state index contributed by atoms with van der Waals surface area (Å²) in [6, 6.07) is 6.13.